The number of pyridine rings is 1. The van der Waals surface area contributed by atoms with Crippen molar-refractivity contribution in [2.24, 2.45) is 0 Å². The largest absolute Gasteiger partial charge is 0.481 e. The molecule has 1 amide bonds. The zero-order valence-corrected chi connectivity index (χ0v) is 10.6. The molecule has 102 valence electrons. The monoisotopic (exact) mass is 263 g/mol. The van der Waals surface area contributed by atoms with Gasteiger partial charge in [0.1, 0.15) is 5.82 Å². The lowest BCUT2D eigenvalue weighted by Gasteiger charge is -2.17. The van der Waals surface area contributed by atoms with Gasteiger partial charge in [-0.25, -0.2) is 4.98 Å². The Morgan fingerprint density at radius 2 is 2.00 bits per heavy atom. The van der Waals surface area contributed by atoms with Gasteiger partial charge in [-0.1, -0.05) is 0 Å². The number of carboxylic acid groups (broad SMARTS) is 1. The molecule has 1 aliphatic heterocycles. The van der Waals surface area contributed by atoms with E-state index in [9.17, 15) is 9.59 Å². The summed E-state index contributed by atoms with van der Waals surface area (Å²) in [6.07, 6.45) is 3.93. The molecule has 0 spiro atoms. The number of aliphatic carboxylic acids is 1. The van der Waals surface area contributed by atoms with E-state index in [4.69, 9.17) is 5.11 Å². The molecule has 1 aliphatic rings. The standard InChI is InChI=1S/C13H17N3O3/c17-12(5-6-13(18)19)15-11-4-3-10(9-14-11)16-7-1-2-8-16/h3-4,9H,1-2,5-8H2,(H,18,19)(H,14,15,17). The van der Waals surface area contributed by atoms with Crippen LogP contribution in [0.5, 0.6) is 0 Å². The van der Waals surface area contributed by atoms with Gasteiger partial charge in [0.05, 0.1) is 18.3 Å². The van der Waals surface area contributed by atoms with E-state index >= 15 is 0 Å². The first kappa shape index (κ1) is 13.3. The molecule has 1 aromatic rings. The van der Waals surface area contributed by atoms with Gasteiger partial charge in [0.2, 0.25) is 5.91 Å². The Labute approximate surface area is 111 Å². The van der Waals surface area contributed by atoms with Crippen molar-refractivity contribution in [3.8, 4) is 0 Å². The molecule has 0 radical (unpaired) electrons. The minimum atomic E-state index is -0.979. The van der Waals surface area contributed by atoms with Crippen molar-refractivity contribution in [2.45, 2.75) is 25.7 Å². The van der Waals surface area contributed by atoms with Gasteiger partial charge >= 0.3 is 5.97 Å². The number of aromatic nitrogens is 1. The van der Waals surface area contributed by atoms with E-state index < -0.39 is 5.97 Å². The van der Waals surface area contributed by atoms with Gasteiger partial charge in [-0.15, -0.1) is 0 Å². The van der Waals surface area contributed by atoms with E-state index in [0.29, 0.717) is 5.82 Å². The zero-order valence-electron chi connectivity index (χ0n) is 10.6. The Hall–Kier alpha value is -2.11. The van der Waals surface area contributed by atoms with Crippen LogP contribution in [0.15, 0.2) is 18.3 Å². The summed E-state index contributed by atoms with van der Waals surface area (Å²) in [6.45, 7) is 2.10. The fraction of sp³-hybridized carbons (Fsp3) is 0.462. The lowest BCUT2D eigenvalue weighted by Crippen LogP contribution is -2.18. The third-order valence-electron chi connectivity index (χ3n) is 3.05. The molecule has 0 aliphatic carbocycles. The minimum absolute atomic E-state index is 0.0368. The van der Waals surface area contributed by atoms with E-state index in [1.165, 1.54) is 12.8 Å². The summed E-state index contributed by atoms with van der Waals surface area (Å²) in [7, 11) is 0. The average molecular weight is 263 g/mol. The summed E-state index contributed by atoms with van der Waals surface area (Å²) >= 11 is 0. The highest BCUT2D eigenvalue weighted by Gasteiger charge is 2.12. The molecular formula is C13H17N3O3. The maximum atomic E-state index is 11.4. The van der Waals surface area contributed by atoms with Crippen molar-refractivity contribution in [3.63, 3.8) is 0 Å². The number of nitrogens with one attached hydrogen (secondary N) is 1. The van der Waals surface area contributed by atoms with Crippen LogP contribution in [-0.2, 0) is 9.59 Å². The number of amides is 1. The molecule has 0 atom stereocenters. The van der Waals surface area contributed by atoms with Crippen LogP contribution in [0.2, 0.25) is 0 Å². The van der Waals surface area contributed by atoms with E-state index in [1.807, 2.05) is 6.07 Å². The van der Waals surface area contributed by atoms with Gasteiger partial charge in [0.25, 0.3) is 0 Å². The van der Waals surface area contributed by atoms with Crippen molar-refractivity contribution >= 4 is 23.4 Å². The predicted molar refractivity (Wildman–Crippen MR) is 71.2 cm³/mol. The van der Waals surface area contributed by atoms with Crippen LogP contribution < -0.4 is 10.2 Å². The summed E-state index contributed by atoms with van der Waals surface area (Å²) < 4.78 is 0. The molecule has 0 saturated carbocycles. The van der Waals surface area contributed by atoms with Crippen molar-refractivity contribution in [1.82, 2.24) is 4.98 Å². The normalized spacial score (nSPS) is 14.4. The van der Waals surface area contributed by atoms with E-state index in [2.05, 4.69) is 15.2 Å². The molecule has 0 unspecified atom stereocenters. The first-order valence-electron chi connectivity index (χ1n) is 6.38. The Balaban J connectivity index is 1.87. The second-order valence-electron chi connectivity index (χ2n) is 4.54. The first-order chi connectivity index (χ1) is 9.15. The lowest BCUT2D eigenvalue weighted by atomic mass is 10.3. The van der Waals surface area contributed by atoms with Gasteiger partial charge in [-0.05, 0) is 25.0 Å². The zero-order chi connectivity index (χ0) is 13.7. The average Bonchev–Trinajstić information content (AvgIpc) is 2.91. The van der Waals surface area contributed by atoms with Crippen LogP contribution in [0.1, 0.15) is 25.7 Å². The molecule has 0 aromatic carbocycles. The van der Waals surface area contributed by atoms with Crippen LogP contribution >= 0.6 is 0 Å². The second kappa shape index (κ2) is 6.17. The highest BCUT2D eigenvalue weighted by atomic mass is 16.4. The number of nitrogens with zero attached hydrogens (tertiary/aromatic N) is 2. The molecule has 6 heteroatoms. The maximum absolute atomic E-state index is 11.4. The number of hydrogen-bond acceptors (Lipinski definition) is 4. The molecule has 2 N–H and O–H groups in total. The fourth-order valence-corrected chi connectivity index (χ4v) is 2.05. The molecule has 2 rings (SSSR count). The summed E-state index contributed by atoms with van der Waals surface area (Å²) in [6, 6.07) is 3.66. The Bertz CT molecular complexity index is 453. The fourth-order valence-electron chi connectivity index (χ4n) is 2.05. The Morgan fingerprint density at radius 1 is 1.26 bits per heavy atom. The van der Waals surface area contributed by atoms with Crippen molar-refractivity contribution < 1.29 is 14.7 Å². The quantitative estimate of drug-likeness (QED) is 0.841. The third-order valence-corrected chi connectivity index (χ3v) is 3.05. The number of carbonyl (C=O) groups excluding carboxylic acids is 1. The highest BCUT2D eigenvalue weighted by molar-refractivity contribution is 5.91. The lowest BCUT2D eigenvalue weighted by molar-refractivity contribution is -0.138. The Morgan fingerprint density at radius 3 is 2.58 bits per heavy atom. The summed E-state index contributed by atoms with van der Waals surface area (Å²) in [5.74, 6) is -0.852. The molecule has 1 fully saturated rings. The van der Waals surface area contributed by atoms with Gasteiger partial charge < -0.3 is 15.3 Å². The van der Waals surface area contributed by atoms with E-state index in [-0.39, 0.29) is 18.7 Å². The summed E-state index contributed by atoms with van der Waals surface area (Å²) in [5.41, 5.74) is 1.06. The van der Waals surface area contributed by atoms with E-state index in [1.54, 1.807) is 12.3 Å². The van der Waals surface area contributed by atoms with Crippen molar-refractivity contribution in [1.29, 1.82) is 0 Å². The van der Waals surface area contributed by atoms with Gasteiger partial charge in [-0.3, -0.25) is 9.59 Å². The summed E-state index contributed by atoms with van der Waals surface area (Å²) in [5, 5.41) is 11.1. The smallest absolute Gasteiger partial charge is 0.303 e. The number of rotatable bonds is 5. The van der Waals surface area contributed by atoms with E-state index in [0.717, 1.165) is 18.8 Å². The molecule has 2 heterocycles. The van der Waals surface area contributed by atoms with Crippen LogP contribution in [0.25, 0.3) is 0 Å². The van der Waals surface area contributed by atoms with Crippen molar-refractivity contribution in [2.75, 3.05) is 23.3 Å². The van der Waals surface area contributed by atoms with Crippen LogP contribution in [0.4, 0.5) is 11.5 Å². The number of anilines is 2. The van der Waals surface area contributed by atoms with Crippen molar-refractivity contribution in [3.05, 3.63) is 18.3 Å². The highest BCUT2D eigenvalue weighted by Crippen LogP contribution is 2.20. The second-order valence-corrected chi connectivity index (χ2v) is 4.54. The number of carbonyl (C=O) groups is 2. The van der Waals surface area contributed by atoms with Gasteiger partial charge in [0.15, 0.2) is 0 Å². The topological polar surface area (TPSA) is 82.5 Å². The molecule has 6 nitrogen and oxygen atoms in total. The molecule has 1 aromatic heterocycles. The molecule has 1 saturated heterocycles. The first-order valence-corrected chi connectivity index (χ1v) is 6.38. The number of hydrogen-bond donors (Lipinski definition) is 2. The van der Waals surface area contributed by atoms with Gasteiger partial charge in [0, 0.05) is 19.5 Å². The molecule has 19 heavy (non-hydrogen) atoms. The third kappa shape index (κ3) is 3.94. The molecular weight excluding hydrogens is 246 g/mol. The maximum Gasteiger partial charge on any atom is 0.303 e. The SMILES string of the molecule is O=C(O)CCC(=O)Nc1ccc(N2CCCC2)cn1. The Kier molecular flexibility index (Phi) is 4.33. The van der Waals surface area contributed by atoms with Crippen LogP contribution in [0.3, 0.4) is 0 Å². The summed E-state index contributed by atoms with van der Waals surface area (Å²) in [4.78, 5) is 28.2. The van der Waals surface area contributed by atoms with Crippen LogP contribution in [-0.4, -0.2) is 35.1 Å². The van der Waals surface area contributed by atoms with Crippen LogP contribution in [0, 0.1) is 0 Å². The minimum Gasteiger partial charge on any atom is -0.481 e. The predicted octanol–water partition coefficient (Wildman–Crippen LogP) is 1.49. The number of carboxylic acids is 1. The molecule has 0 bridgehead atoms. The van der Waals surface area contributed by atoms with Gasteiger partial charge in [-0.2, -0.15) is 0 Å².